The molecule has 1 aliphatic rings. The summed E-state index contributed by atoms with van der Waals surface area (Å²) >= 11 is 0. The van der Waals surface area contributed by atoms with E-state index in [1.807, 2.05) is 19.9 Å². The molecule has 0 spiro atoms. The van der Waals surface area contributed by atoms with Gasteiger partial charge in [0, 0.05) is 13.1 Å². The highest BCUT2D eigenvalue weighted by molar-refractivity contribution is 7.92. The Morgan fingerprint density at radius 2 is 1.52 bits per heavy atom. The predicted octanol–water partition coefficient (Wildman–Crippen LogP) is 2.52. The number of carbonyl (C=O) groups is 1. The highest BCUT2D eigenvalue weighted by Crippen LogP contribution is 2.24. The SMILES string of the molecule is CC1CN(C(=O)CN(c2ccccc2)S(=O)(=O)c2ccccc2)CC(C)O1. The van der Waals surface area contributed by atoms with Gasteiger partial charge in [-0.1, -0.05) is 36.4 Å². The summed E-state index contributed by atoms with van der Waals surface area (Å²) in [7, 11) is -3.86. The average molecular weight is 388 g/mol. The van der Waals surface area contributed by atoms with E-state index in [2.05, 4.69) is 0 Å². The van der Waals surface area contributed by atoms with Crippen LogP contribution in [0.4, 0.5) is 5.69 Å². The Morgan fingerprint density at radius 1 is 1.00 bits per heavy atom. The summed E-state index contributed by atoms with van der Waals surface area (Å²) in [6, 6.07) is 16.9. The van der Waals surface area contributed by atoms with Gasteiger partial charge in [0.25, 0.3) is 10.0 Å². The van der Waals surface area contributed by atoms with Gasteiger partial charge >= 0.3 is 0 Å². The maximum atomic E-state index is 13.2. The molecule has 1 saturated heterocycles. The van der Waals surface area contributed by atoms with Crippen LogP contribution in [0, 0.1) is 0 Å². The minimum atomic E-state index is -3.86. The summed E-state index contributed by atoms with van der Waals surface area (Å²) in [4.78, 5) is 14.7. The van der Waals surface area contributed by atoms with Gasteiger partial charge < -0.3 is 9.64 Å². The fraction of sp³-hybridized carbons (Fsp3) is 0.350. The molecule has 2 aromatic carbocycles. The van der Waals surface area contributed by atoms with Crippen molar-refractivity contribution in [3.05, 3.63) is 60.7 Å². The van der Waals surface area contributed by atoms with Gasteiger partial charge in [0.15, 0.2) is 0 Å². The van der Waals surface area contributed by atoms with E-state index in [9.17, 15) is 13.2 Å². The number of para-hydroxylation sites is 1. The quantitative estimate of drug-likeness (QED) is 0.789. The number of sulfonamides is 1. The molecule has 1 fully saturated rings. The number of ether oxygens (including phenoxy) is 1. The third-order valence-corrected chi connectivity index (χ3v) is 6.21. The second kappa shape index (κ2) is 8.10. The van der Waals surface area contributed by atoms with Crippen molar-refractivity contribution in [2.24, 2.45) is 0 Å². The summed E-state index contributed by atoms with van der Waals surface area (Å²) in [6.07, 6.45) is -0.151. The molecule has 2 aromatic rings. The molecule has 2 atom stereocenters. The molecule has 1 heterocycles. The smallest absolute Gasteiger partial charge is 0.264 e. The average Bonchev–Trinajstić information content (AvgIpc) is 2.66. The summed E-state index contributed by atoms with van der Waals surface area (Å²) in [5.41, 5.74) is 0.462. The van der Waals surface area contributed by atoms with Crippen molar-refractivity contribution in [2.75, 3.05) is 23.9 Å². The first kappa shape index (κ1) is 19.4. The van der Waals surface area contributed by atoms with E-state index >= 15 is 0 Å². The fourth-order valence-electron chi connectivity index (χ4n) is 3.23. The third-order valence-electron chi connectivity index (χ3n) is 4.43. The number of anilines is 1. The van der Waals surface area contributed by atoms with E-state index in [4.69, 9.17) is 4.74 Å². The maximum Gasteiger partial charge on any atom is 0.264 e. The first-order chi connectivity index (χ1) is 12.9. The maximum absolute atomic E-state index is 13.2. The van der Waals surface area contributed by atoms with E-state index in [0.717, 1.165) is 0 Å². The Morgan fingerprint density at radius 3 is 2.07 bits per heavy atom. The van der Waals surface area contributed by atoms with Crippen LogP contribution in [0.15, 0.2) is 65.6 Å². The number of morpholine rings is 1. The molecule has 0 aliphatic carbocycles. The van der Waals surface area contributed by atoms with E-state index < -0.39 is 10.0 Å². The summed E-state index contributed by atoms with van der Waals surface area (Å²) in [5.74, 6) is -0.236. The highest BCUT2D eigenvalue weighted by atomic mass is 32.2. The van der Waals surface area contributed by atoms with Crippen LogP contribution in [0.5, 0.6) is 0 Å². The second-order valence-corrected chi connectivity index (χ2v) is 8.58. The van der Waals surface area contributed by atoms with Gasteiger partial charge in [-0.2, -0.15) is 0 Å². The Balaban J connectivity index is 1.91. The van der Waals surface area contributed by atoms with Gasteiger partial charge in [0.1, 0.15) is 6.54 Å². The summed E-state index contributed by atoms with van der Waals surface area (Å²) in [5, 5.41) is 0. The van der Waals surface area contributed by atoms with Crippen molar-refractivity contribution in [2.45, 2.75) is 31.0 Å². The van der Waals surface area contributed by atoms with Crippen LogP contribution in [-0.4, -0.2) is 51.1 Å². The van der Waals surface area contributed by atoms with E-state index in [-0.39, 0.29) is 29.6 Å². The van der Waals surface area contributed by atoms with Crippen molar-refractivity contribution in [3.8, 4) is 0 Å². The van der Waals surface area contributed by atoms with Crippen LogP contribution in [0.2, 0.25) is 0 Å². The predicted molar refractivity (Wildman–Crippen MR) is 104 cm³/mol. The zero-order chi connectivity index (χ0) is 19.4. The zero-order valence-corrected chi connectivity index (χ0v) is 16.3. The minimum Gasteiger partial charge on any atom is -0.372 e. The Labute approximate surface area is 160 Å². The molecular formula is C20H24N2O4S. The molecule has 0 saturated carbocycles. The summed E-state index contributed by atoms with van der Waals surface area (Å²) in [6.45, 7) is 4.48. The lowest BCUT2D eigenvalue weighted by molar-refractivity contribution is -0.141. The highest BCUT2D eigenvalue weighted by Gasteiger charge is 2.31. The van der Waals surface area contributed by atoms with Crippen LogP contribution in [-0.2, 0) is 19.6 Å². The molecule has 1 aliphatic heterocycles. The lowest BCUT2D eigenvalue weighted by Crippen LogP contribution is -2.51. The molecule has 0 bridgehead atoms. The molecule has 0 aromatic heterocycles. The lowest BCUT2D eigenvalue weighted by Gasteiger charge is -2.36. The van der Waals surface area contributed by atoms with Crippen molar-refractivity contribution in [3.63, 3.8) is 0 Å². The molecule has 0 N–H and O–H groups in total. The molecule has 6 nitrogen and oxygen atoms in total. The number of hydrogen-bond donors (Lipinski definition) is 0. The Kier molecular flexibility index (Phi) is 5.82. The van der Waals surface area contributed by atoms with Crippen molar-refractivity contribution in [1.82, 2.24) is 4.90 Å². The molecular weight excluding hydrogens is 364 g/mol. The first-order valence-corrected chi connectivity index (χ1v) is 10.4. The van der Waals surface area contributed by atoms with E-state index in [1.165, 1.54) is 16.4 Å². The standard InChI is InChI=1S/C20H24N2O4S/c1-16-13-21(14-17(2)26-16)20(23)15-22(18-9-5-3-6-10-18)27(24,25)19-11-7-4-8-12-19/h3-12,16-17H,13-15H2,1-2H3. The number of rotatable bonds is 5. The van der Waals surface area contributed by atoms with Gasteiger partial charge in [0.2, 0.25) is 5.91 Å². The molecule has 7 heteroatoms. The van der Waals surface area contributed by atoms with E-state index in [1.54, 1.807) is 47.4 Å². The number of hydrogen-bond acceptors (Lipinski definition) is 4. The van der Waals surface area contributed by atoms with Gasteiger partial charge in [-0.15, -0.1) is 0 Å². The van der Waals surface area contributed by atoms with Crippen LogP contribution in [0.25, 0.3) is 0 Å². The van der Waals surface area contributed by atoms with Crippen LogP contribution < -0.4 is 4.31 Å². The monoisotopic (exact) mass is 388 g/mol. The zero-order valence-electron chi connectivity index (χ0n) is 15.5. The number of nitrogens with zero attached hydrogens (tertiary/aromatic N) is 2. The largest absolute Gasteiger partial charge is 0.372 e. The molecule has 3 rings (SSSR count). The van der Waals surface area contributed by atoms with Crippen LogP contribution >= 0.6 is 0 Å². The third kappa shape index (κ3) is 4.48. The molecule has 27 heavy (non-hydrogen) atoms. The van der Waals surface area contributed by atoms with E-state index in [0.29, 0.717) is 18.8 Å². The normalized spacial score (nSPS) is 20.3. The molecule has 144 valence electrons. The lowest BCUT2D eigenvalue weighted by atomic mass is 10.2. The van der Waals surface area contributed by atoms with Gasteiger partial charge in [-0.25, -0.2) is 8.42 Å². The number of benzene rings is 2. The van der Waals surface area contributed by atoms with Crippen LogP contribution in [0.1, 0.15) is 13.8 Å². The second-order valence-electron chi connectivity index (χ2n) is 6.72. The first-order valence-electron chi connectivity index (χ1n) is 8.94. The number of amides is 1. The van der Waals surface area contributed by atoms with Crippen molar-refractivity contribution < 1.29 is 17.9 Å². The molecule has 1 amide bonds. The van der Waals surface area contributed by atoms with Gasteiger partial charge in [-0.05, 0) is 38.1 Å². The van der Waals surface area contributed by atoms with Crippen LogP contribution in [0.3, 0.4) is 0 Å². The molecule has 0 radical (unpaired) electrons. The topological polar surface area (TPSA) is 66.9 Å². The minimum absolute atomic E-state index is 0.0754. The van der Waals surface area contributed by atoms with Crippen molar-refractivity contribution >= 4 is 21.6 Å². The van der Waals surface area contributed by atoms with Gasteiger partial charge in [-0.3, -0.25) is 9.10 Å². The summed E-state index contributed by atoms with van der Waals surface area (Å²) < 4.78 is 33.3. The number of carbonyl (C=O) groups excluding carboxylic acids is 1. The molecule has 2 unspecified atom stereocenters. The Hall–Kier alpha value is -2.38. The van der Waals surface area contributed by atoms with Crippen molar-refractivity contribution in [1.29, 1.82) is 0 Å². The fourth-order valence-corrected chi connectivity index (χ4v) is 4.67. The Bertz CT molecular complexity index is 861. The van der Waals surface area contributed by atoms with Gasteiger partial charge in [0.05, 0.1) is 22.8 Å².